The molecule has 1 aliphatic rings. The summed E-state index contributed by atoms with van der Waals surface area (Å²) in [5, 5.41) is 11.1. The van der Waals surface area contributed by atoms with Gasteiger partial charge >= 0.3 is 6.61 Å². The van der Waals surface area contributed by atoms with Crippen molar-refractivity contribution in [1.82, 2.24) is 25.3 Å². The van der Waals surface area contributed by atoms with Crippen molar-refractivity contribution < 1.29 is 13.5 Å². The third kappa shape index (κ3) is 6.92. The second kappa shape index (κ2) is 12.2. The van der Waals surface area contributed by atoms with E-state index in [4.69, 9.17) is 0 Å². The minimum atomic E-state index is -2.84. The molecule has 3 rings (SSSR count). The molecule has 178 valence electrons. The molecular formula is C21H32F2IN7O. The summed E-state index contributed by atoms with van der Waals surface area (Å²) in [5.41, 5.74) is 1.80. The molecular weight excluding hydrogens is 531 g/mol. The standard InChI is InChI=1S/C21H31F2N7O.HI/c1-24-21(25-12-18(28(2)3)15-11-26-29(4)13-15)27-16-9-10-30(14-16)17-7-5-6-8-19(17)31-20(22)23;/h5-8,11,13,16,18,20H,9-10,12,14H2,1-4H3,(H2,24,25,27);1H. The van der Waals surface area contributed by atoms with Crippen LogP contribution in [-0.4, -0.2) is 74.1 Å². The number of hydrogen-bond acceptors (Lipinski definition) is 5. The molecule has 1 saturated heterocycles. The van der Waals surface area contributed by atoms with Crippen molar-refractivity contribution in [3.63, 3.8) is 0 Å². The van der Waals surface area contributed by atoms with Gasteiger partial charge in [0.1, 0.15) is 5.75 Å². The highest BCUT2D eigenvalue weighted by molar-refractivity contribution is 14.0. The van der Waals surface area contributed by atoms with Crippen molar-refractivity contribution in [1.29, 1.82) is 0 Å². The van der Waals surface area contributed by atoms with Crippen LogP contribution >= 0.6 is 24.0 Å². The lowest BCUT2D eigenvalue weighted by Crippen LogP contribution is -2.46. The number of guanidine groups is 1. The van der Waals surface area contributed by atoms with E-state index in [1.54, 1.807) is 23.9 Å². The number of anilines is 1. The molecule has 11 heteroatoms. The van der Waals surface area contributed by atoms with E-state index in [1.165, 1.54) is 0 Å². The molecule has 1 aliphatic heterocycles. The molecule has 2 N–H and O–H groups in total. The van der Waals surface area contributed by atoms with Gasteiger partial charge in [-0.05, 0) is 32.6 Å². The van der Waals surface area contributed by atoms with Crippen molar-refractivity contribution in [3.05, 3.63) is 42.2 Å². The number of aryl methyl sites for hydroxylation is 1. The fourth-order valence-electron chi connectivity index (χ4n) is 3.80. The van der Waals surface area contributed by atoms with E-state index in [2.05, 4.69) is 35.3 Å². The number of para-hydroxylation sites is 2. The first-order chi connectivity index (χ1) is 14.9. The first kappa shape index (κ1) is 26.1. The van der Waals surface area contributed by atoms with E-state index in [0.717, 1.165) is 18.5 Å². The van der Waals surface area contributed by atoms with Gasteiger partial charge in [-0.15, -0.1) is 24.0 Å². The van der Waals surface area contributed by atoms with E-state index < -0.39 is 6.61 Å². The van der Waals surface area contributed by atoms with Crippen LogP contribution in [-0.2, 0) is 7.05 Å². The van der Waals surface area contributed by atoms with E-state index in [1.807, 2.05) is 45.7 Å². The average Bonchev–Trinajstić information content (AvgIpc) is 3.36. The van der Waals surface area contributed by atoms with E-state index in [-0.39, 0.29) is 41.8 Å². The summed E-state index contributed by atoms with van der Waals surface area (Å²) in [6.07, 6.45) is 4.75. The SMILES string of the molecule is CN=C(NCC(c1cnn(C)c1)N(C)C)NC1CCN(c2ccccc2OC(F)F)C1.I. The summed E-state index contributed by atoms with van der Waals surface area (Å²) >= 11 is 0. The summed E-state index contributed by atoms with van der Waals surface area (Å²) in [4.78, 5) is 8.54. The first-order valence-electron chi connectivity index (χ1n) is 10.3. The molecule has 1 aromatic carbocycles. The molecule has 1 aromatic heterocycles. The largest absolute Gasteiger partial charge is 0.433 e. The number of benzene rings is 1. The number of nitrogens with one attached hydrogen (secondary N) is 2. The predicted molar refractivity (Wildman–Crippen MR) is 133 cm³/mol. The van der Waals surface area contributed by atoms with Gasteiger partial charge in [0.25, 0.3) is 0 Å². The fraction of sp³-hybridized carbons (Fsp3) is 0.524. The van der Waals surface area contributed by atoms with Crippen molar-refractivity contribution in [2.24, 2.45) is 12.0 Å². The van der Waals surface area contributed by atoms with Crippen LogP contribution in [0.2, 0.25) is 0 Å². The lowest BCUT2D eigenvalue weighted by atomic mass is 10.1. The quantitative estimate of drug-likeness (QED) is 0.293. The molecule has 0 saturated carbocycles. The van der Waals surface area contributed by atoms with Gasteiger partial charge in [-0.1, -0.05) is 12.1 Å². The van der Waals surface area contributed by atoms with Crippen LogP contribution in [0.3, 0.4) is 0 Å². The Hall–Kier alpha value is -2.15. The maximum Gasteiger partial charge on any atom is 0.387 e. The van der Waals surface area contributed by atoms with Gasteiger partial charge in [-0.3, -0.25) is 9.67 Å². The summed E-state index contributed by atoms with van der Waals surface area (Å²) < 4.78 is 31.9. The molecule has 2 heterocycles. The van der Waals surface area contributed by atoms with Crippen LogP contribution in [0.15, 0.2) is 41.7 Å². The normalized spacial score (nSPS) is 17.4. The van der Waals surface area contributed by atoms with Crippen LogP contribution in [0.25, 0.3) is 0 Å². The third-order valence-electron chi connectivity index (χ3n) is 5.37. The van der Waals surface area contributed by atoms with Crippen LogP contribution in [0, 0.1) is 0 Å². The van der Waals surface area contributed by atoms with Crippen molar-refractivity contribution in [2.75, 3.05) is 45.7 Å². The Balaban J connectivity index is 0.00000363. The summed E-state index contributed by atoms with van der Waals surface area (Å²) in [7, 11) is 7.70. The van der Waals surface area contributed by atoms with Gasteiger partial charge in [0.2, 0.25) is 0 Å². The zero-order chi connectivity index (χ0) is 22.4. The molecule has 0 amide bonds. The highest BCUT2D eigenvalue weighted by Crippen LogP contribution is 2.31. The van der Waals surface area contributed by atoms with Gasteiger partial charge in [-0.25, -0.2) is 0 Å². The summed E-state index contributed by atoms with van der Waals surface area (Å²) in [5.74, 6) is 0.908. The molecule has 0 aliphatic carbocycles. The Morgan fingerprint density at radius 2 is 2.09 bits per heavy atom. The average molecular weight is 563 g/mol. The molecule has 8 nitrogen and oxygen atoms in total. The fourth-order valence-corrected chi connectivity index (χ4v) is 3.80. The number of likely N-dealkylation sites (N-methyl/N-ethyl adjacent to an activating group) is 1. The maximum absolute atomic E-state index is 12.7. The second-order valence-electron chi connectivity index (χ2n) is 7.80. The van der Waals surface area contributed by atoms with Crippen LogP contribution < -0.4 is 20.3 Å². The summed E-state index contributed by atoms with van der Waals surface area (Å²) in [6.45, 7) is -0.761. The Bertz CT molecular complexity index is 877. The van der Waals surface area contributed by atoms with E-state index >= 15 is 0 Å². The first-order valence-corrected chi connectivity index (χ1v) is 10.3. The molecule has 0 spiro atoms. The van der Waals surface area contributed by atoms with E-state index in [9.17, 15) is 8.78 Å². The Labute approximate surface area is 205 Å². The minimum Gasteiger partial charge on any atom is -0.433 e. The lowest BCUT2D eigenvalue weighted by molar-refractivity contribution is -0.0495. The number of alkyl halides is 2. The van der Waals surface area contributed by atoms with Crippen LogP contribution in [0.4, 0.5) is 14.5 Å². The lowest BCUT2D eigenvalue weighted by Gasteiger charge is -2.26. The highest BCUT2D eigenvalue weighted by atomic mass is 127. The van der Waals surface area contributed by atoms with E-state index in [0.29, 0.717) is 24.7 Å². The molecule has 0 bridgehead atoms. The second-order valence-corrected chi connectivity index (χ2v) is 7.80. The Morgan fingerprint density at radius 3 is 2.72 bits per heavy atom. The molecule has 2 atom stereocenters. The van der Waals surface area contributed by atoms with Gasteiger partial charge in [0.15, 0.2) is 5.96 Å². The van der Waals surface area contributed by atoms with Gasteiger partial charge in [0, 0.05) is 51.5 Å². The number of hydrogen-bond donors (Lipinski definition) is 2. The van der Waals surface area contributed by atoms with Crippen molar-refractivity contribution in [2.45, 2.75) is 25.1 Å². The predicted octanol–water partition coefficient (Wildman–Crippen LogP) is 2.69. The number of ether oxygens (including phenoxy) is 1. The highest BCUT2D eigenvalue weighted by Gasteiger charge is 2.26. The zero-order valence-corrected chi connectivity index (χ0v) is 21.2. The summed E-state index contributed by atoms with van der Waals surface area (Å²) in [6, 6.07) is 7.19. The smallest absolute Gasteiger partial charge is 0.387 e. The monoisotopic (exact) mass is 563 g/mol. The van der Waals surface area contributed by atoms with Crippen LogP contribution in [0.5, 0.6) is 5.75 Å². The number of nitrogens with zero attached hydrogens (tertiary/aromatic N) is 5. The maximum atomic E-state index is 12.7. The number of aliphatic imine (C=N–C) groups is 1. The van der Waals surface area contributed by atoms with Gasteiger partial charge in [-0.2, -0.15) is 13.9 Å². The van der Waals surface area contributed by atoms with Gasteiger partial charge < -0.3 is 25.2 Å². The number of rotatable bonds is 8. The van der Waals surface area contributed by atoms with Gasteiger partial charge in [0.05, 0.1) is 17.9 Å². The number of aromatic nitrogens is 2. The Morgan fingerprint density at radius 1 is 1.34 bits per heavy atom. The Kier molecular flexibility index (Phi) is 9.94. The number of halogens is 3. The minimum absolute atomic E-state index is 0. The van der Waals surface area contributed by atoms with Crippen LogP contribution in [0.1, 0.15) is 18.0 Å². The van der Waals surface area contributed by atoms with Crippen molar-refractivity contribution in [3.8, 4) is 5.75 Å². The third-order valence-corrected chi connectivity index (χ3v) is 5.37. The molecule has 32 heavy (non-hydrogen) atoms. The topological polar surface area (TPSA) is 70.0 Å². The zero-order valence-electron chi connectivity index (χ0n) is 18.8. The molecule has 1 fully saturated rings. The molecule has 2 unspecified atom stereocenters. The molecule has 2 aromatic rings. The molecule has 0 radical (unpaired) electrons. The van der Waals surface area contributed by atoms with Crippen molar-refractivity contribution >= 4 is 35.6 Å².